The molecule has 1 atom stereocenters. The van der Waals surface area contributed by atoms with E-state index in [1.165, 1.54) is 17.0 Å². The average Bonchev–Trinajstić information content (AvgIpc) is 3.15. The SMILES string of the molecule is CSc1ccc(C2=NN(c3ccc(F)cc3)C(c3ccncc3)C2)cc1. The minimum absolute atomic E-state index is 0.0682. The molecule has 130 valence electrons. The number of rotatable bonds is 4. The van der Waals surface area contributed by atoms with Gasteiger partial charge in [0.25, 0.3) is 0 Å². The molecule has 0 spiro atoms. The van der Waals surface area contributed by atoms with Crippen molar-refractivity contribution < 1.29 is 4.39 Å². The number of aromatic nitrogens is 1. The Labute approximate surface area is 156 Å². The number of thioether (sulfide) groups is 1. The van der Waals surface area contributed by atoms with Crippen LogP contribution in [0.15, 0.2) is 83.1 Å². The number of benzene rings is 2. The van der Waals surface area contributed by atoms with Crippen molar-refractivity contribution in [3.05, 3.63) is 90.0 Å². The van der Waals surface area contributed by atoms with Crippen LogP contribution in [0, 0.1) is 5.82 Å². The molecule has 3 nitrogen and oxygen atoms in total. The first-order valence-electron chi connectivity index (χ1n) is 8.41. The second-order valence-corrected chi connectivity index (χ2v) is 6.98. The van der Waals surface area contributed by atoms with Crippen LogP contribution in [0.25, 0.3) is 0 Å². The van der Waals surface area contributed by atoms with E-state index in [0.717, 1.165) is 28.9 Å². The highest BCUT2D eigenvalue weighted by atomic mass is 32.2. The van der Waals surface area contributed by atoms with E-state index in [9.17, 15) is 4.39 Å². The predicted molar refractivity (Wildman–Crippen MR) is 105 cm³/mol. The van der Waals surface area contributed by atoms with Crippen LogP contribution in [-0.4, -0.2) is 17.0 Å². The third-order valence-electron chi connectivity index (χ3n) is 4.52. The lowest BCUT2D eigenvalue weighted by Gasteiger charge is -2.23. The van der Waals surface area contributed by atoms with Crippen LogP contribution in [-0.2, 0) is 0 Å². The summed E-state index contributed by atoms with van der Waals surface area (Å²) in [5.41, 5.74) is 4.17. The first-order chi connectivity index (χ1) is 12.7. The lowest BCUT2D eigenvalue weighted by Crippen LogP contribution is -2.18. The molecule has 2 heterocycles. The summed E-state index contributed by atoms with van der Waals surface area (Å²) in [5, 5.41) is 6.85. The predicted octanol–water partition coefficient (Wildman–Crippen LogP) is 5.30. The van der Waals surface area contributed by atoms with Crippen molar-refractivity contribution in [2.24, 2.45) is 5.10 Å². The molecule has 0 amide bonds. The molecule has 1 aromatic heterocycles. The van der Waals surface area contributed by atoms with Gasteiger partial charge in [-0.25, -0.2) is 4.39 Å². The summed E-state index contributed by atoms with van der Waals surface area (Å²) >= 11 is 1.72. The summed E-state index contributed by atoms with van der Waals surface area (Å²) in [4.78, 5) is 5.34. The van der Waals surface area contributed by atoms with Crippen LogP contribution in [0.5, 0.6) is 0 Å². The monoisotopic (exact) mass is 363 g/mol. The van der Waals surface area contributed by atoms with E-state index in [4.69, 9.17) is 5.10 Å². The number of anilines is 1. The zero-order chi connectivity index (χ0) is 17.9. The molecule has 1 unspecified atom stereocenters. The summed E-state index contributed by atoms with van der Waals surface area (Å²) in [6, 6.07) is 19.0. The number of halogens is 1. The molecular weight excluding hydrogens is 345 g/mol. The highest BCUT2D eigenvalue weighted by Gasteiger charge is 2.29. The number of hydrazone groups is 1. The Morgan fingerprint density at radius 1 is 0.962 bits per heavy atom. The van der Waals surface area contributed by atoms with Crippen molar-refractivity contribution in [2.75, 3.05) is 11.3 Å². The largest absolute Gasteiger partial charge is 0.265 e. The van der Waals surface area contributed by atoms with Gasteiger partial charge < -0.3 is 0 Å². The molecule has 2 aromatic carbocycles. The van der Waals surface area contributed by atoms with E-state index in [0.29, 0.717) is 0 Å². The minimum atomic E-state index is -0.245. The Hall–Kier alpha value is -2.66. The van der Waals surface area contributed by atoms with Gasteiger partial charge in [0.05, 0.1) is 17.4 Å². The maximum atomic E-state index is 13.3. The molecule has 3 aromatic rings. The van der Waals surface area contributed by atoms with Crippen LogP contribution in [0.1, 0.15) is 23.6 Å². The molecule has 0 saturated heterocycles. The number of pyridine rings is 1. The van der Waals surface area contributed by atoms with Crippen LogP contribution in [0.3, 0.4) is 0 Å². The van der Waals surface area contributed by atoms with Gasteiger partial charge in [-0.1, -0.05) is 12.1 Å². The lowest BCUT2D eigenvalue weighted by molar-refractivity contribution is 0.626. The summed E-state index contributed by atoms with van der Waals surface area (Å²) in [6.45, 7) is 0. The third-order valence-corrected chi connectivity index (χ3v) is 5.26. The normalized spacial score (nSPS) is 16.6. The summed E-state index contributed by atoms with van der Waals surface area (Å²) in [5.74, 6) is -0.245. The quantitative estimate of drug-likeness (QED) is 0.589. The molecule has 0 fully saturated rings. The lowest BCUT2D eigenvalue weighted by atomic mass is 9.99. The molecule has 26 heavy (non-hydrogen) atoms. The average molecular weight is 363 g/mol. The van der Waals surface area contributed by atoms with Crippen molar-refractivity contribution in [1.82, 2.24) is 4.98 Å². The van der Waals surface area contributed by atoms with E-state index >= 15 is 0 Å². The first-order valence-corrected chi connectivity index (χ1v) is 9.64. The fraction of sp³-hybridized carbons (Fsp3) is 0.143. The standard InChI is InChI=1S/C21H18FN3S/c1-26-19-8-2-15(3-9-19)20-14-21(16-10-12-23-13-11-16)25(24-20)18-6-4-17(22)5-7-18/h2-13,21H,14H2,1H3. The Morgan fingerprint density at radius 2 is 1.65 bits per heavy atom. The Balaban J connectivity index is 1.72. The number of hydrogen-bond donors (Lipinski definition) is 0. The zero-order valence-corrected chi connectivity index (χ0v) is 15.2. The van der Waals surface area contributed by atoms with E-state index < -0.39 is 0 Å². The van der Waals surface area contributed by atoms with Gasteiger partial charge in [-0.3, -0.25) is 9.99 Å². The molecule has 0 saturated carbocycles. The van der Waals surface area contributed by atoms with E-state index in [2.05, 4.69) is 35.5 Å². The number of hydrogen-bond acceptors (Lipinski definition) is 4. The smallest absolute Gasteiger partial charge is 0.123 e. The molecular formula is C21H18FN3S. The topological polar surface area (TPSA) is 28.5 Å². The van der Waals surface area contributed by atoms with Crippen molar-refractivity contribution in [3.8, 4) is 0 Å². The highest BCUT2D eigenvalue weighted by molar-refractivity contribution is 7.98. The summed E-state index contributed by atoms with van der Waals surface area (Å²) in [6.07, 6.45) is 6.45. The van der Waals surface area contributed by atoms with Crippen LogP contribution >= 0.6 is 11.8 Å². The molecule has 1 aliphatic heterocycles. The van der Waals surface area contributed by atoms with Crippen molar-refractivity contribution in [1.29, 1.82) is 0 Å². The third kappa shape index (κ3) is 3.35. The van der Waals surface area contributed by atoms with E-state index in [-0.39, 0.29) is 11.9 Å². The van der Waals surface area contributed by atoms with Gasteiger partial charge in [0.2, 0.25) is 0 Å². The Kier molecular flexibility index (Phi) is 4.71. The van der Waals surface area contributed by atoms with Gasteiger partial charge in [0, 0.05) is 23.7 Å². The van der Waals surface area contributed by atoms with Gasteiger partial charge in [-0.2, -0.15) is 5.10 Å². The molecule has 5 heteroatoms. The van der Waals surface area contributed by atoms with Crippen molar-refractivity contribution >= 4 is 23.2 Å². The van der Waals surface area contributed by atoms with Crippen molar-refractivity contribution in [3.63, 3.8) is 0 Å². The van der Waals surface area contributed by atoms with Crippen LogP contribution in [0.2, 0.25) is 0 Å². The molecule has 1 aliphatic rings. The molecule has 0 radical (unpaired) electrons. The Bertz CT molecular complexity index is 908. The van der Waals surface area contributed by atoms with Gasteiger partial charge >= 0.3 is 0 Å². The number of nitrogens with zero attached hydrogens (tertiary/aromatic N) is 3. The maximum absolute atomic E-state index is 13.3. The van der Waals surface area contributed by atoms with Gasteiger partial charge in [-0.05, 0) is 65.9 Å². The van der Waals surface area contributed by atoms with Gasteiger partial charge in [0.1, 0.15) is 5.82 Å². The molecule has 0 aliphatic carbocycles. The Morgan fingerprint density at radius 3 is 2.31 bits per heavy atom. The van der Waals surface area contributed by atoms with Gasteiger partial charge in [-0.15, -0.1) is 11.8 Å². The molecule has 0 bridgehead atoms. The van der Waals surface area contributed by atoms with Crippen LogP contribution in [0.4, 0.5) is 10.1 Å². The fourth-order valence-electron chi connectivity index (χ4n) is 3.15. The second kappa shape index (κ2) is 7.30. The minimum Gasteiger partial charge on any atom is -0.265 e. The second-order valence-electron chi connectivity index (χ2n) is 6.10. The first kappa shape index (κ1) is 16.8. The van der Waals surface area contributed by atoms with Gasteiger partial charge in [0.15, 0.2) is 0 Å². The summed E-state index contributed by atoms with van der Waals surface area (Å²) in [7, 11) is 0. The zero-order valence-electron chi connectivity index (χ0n) is 14.3. The highest BCUT2D eigenvalue weighted by Crippen LogP contribution is 2.36. The summed E-state index contributed by atoms with van der Waals surface area (Å²) < 4.78 is 13.3. The fourth-order valence-corrected chi connectivity index (χ4v) is 3.55. The van der Waals surface area contributed by atoms with Crippen LogP contribution < -0.4 is 5.01 Å². The van der Waals surface area contributed by atoms with Crippen molar-refractivity contribution in [2.45, 2.75) is 17.4 Å². The maximum Gasteiger partial charge on any atom is 0.123 e. The van der Waals surface area contributed by atoms with E-state index in [1.54, 1.807) is 36.3 Å². The molecule has 4 rings (SSSR count). The molecule has 0 N–H and O–H groups in total. The van der Waals surface area contributed by atoms with E-state index in [1.807, 2.05) is 17.1 Å².